The number of carbonyl (C=O) groups is 2. The van der Waals surface area contributed by atoms with E-state index in [4.69, 9.17) is 0 Å². The van der Waals surface area contributed by atoms with E-state index in [1.165, 1.54) is 41.5 Å². The molecule has 0 bridgehead atoms. The van der Waals surface area contributed by atoms with Gasteiger partial charge in [-0.05, 0) is 65.7 Å². The number of benzene rings is 2. The van der Waals surface area contributed by atoms with Crippen LogP contribution in [-0.4, -0.2) is 45.1 Å². The Morgan fingerprint density at radius 2 is 1.65 bits per heavy atom. The first-order valence-corrected chi connectivity index (χ1v) is 17.4. The summed E-state index contributed by atoms with van der Waals surface area (Å²) in [5, 5.41) is 17.8. The number of allylic oxidation sites excluding steroid dienone is 1. The van der Waals surface area contributed by atoms with Crippen molar-refractivity contribution in [2.24, 2.45) is 17.8 Å². The SMILES string of the molecule is C=C[C@@H](C[C@H](O)[C@H](CC1CCCCC1)NC(=O)C(Cc1c[nH]cn1)NC(=O)CC1c2ccccc2CCc2ccccc21)C(C)C. The van der Waals surface area contributed by atoms with Crippen molar-refractivity contribution in [3.8, 4) is 0 Å². The number of imidazole rings is 1. The van der Waals surface area contributed by atoms with E-state index >= 15 is 0 Å². The van der Waals surface area contributed by atoms with Gasteiger partial charge in [0.05, 0.1) is 24.2 Å². The third-order valence-corrected chi connectivity index (χ3v) is 10.3. The molecule has 2 aliphatic rings. The Kier molecular flexibility index (Phi) is 11.9. The van der Waals surface area contributed by atoms with Gasteiger partial charge in [0.1, 0.15) is 6.04 Å². The molecule has 2 aromatic carbocycles. The number of aromatic amines is 1. The Hall–Kier alpha value is -3.71. The summed E-state index contributed by atoms with van der Waals surface area (Å²) in [6.45, 7) is 8.27. The van der Waals surface area contributed by atoms with Gasteiger partial charge in [-0.25, -0.2) is 4.98 Å². The molecule has 0 spiro atoms. The van der Waals surface area contributed by atoms with Crippen LogP contribution in [0, 0.1) is 17.8 Å². The molecule has 0 radical (unpaired) electrons. The number of aromatic nitrogens is 2. The Bertz CT molecular complexity index is 1380. The average Bonchev–Trinajstić information content (AvgIpc) is 3.53. The van der Waals surface area contributed by atoms with Crippen molar-refractivity contribution in [2.75, 3.05) is 0 Å². The quantitative estimate of drug-likeness (QED) is 0.155. The second-order valence-corrected chi connectivity index (χ2v) is 13.8. The minimum absolute atomic E-state index is 0.100. The van der Waals surface area contributed by atoms with E-state index < -0.39 is 18.2 Å². The topological polar surface area (TPSA) is 107 Å². The molecule has 4 atom stereocenters. The Labute approximate surface area is 274 Å². The number of nitrogens with zero attached hydrogens (tertiary/aromatic N) is 1. The number of fused-ring (bicyclic) bond motifs is 2. The van der Waals surface area contributed by atoms with Gasteiger partial charge < -0.3 is 20.7 Å². The third kappa shape index (κ3) is 8.75. The van der Waals surface area contributed by atoms with Gasteiger partial charge in [-0.3, -0.25) is 9.59 Å². The number of hydrogen-bond donors (Lipinski definition) is 4. The van der Waals surface area contributed by atoms with Gasteiger partial charge in [0, 0.05) is 25.0 Å². The summed E-state index contributed by atoms with van der Waals surface area (Å²) >= 11 is 0. The van der Waals surface area contributed by atoms with Crippen LogP contribution in [0.25, 0.3) is 0 Å². The number of nitrogens with one attached hydrogen (secondary N) is 3. The Balaban J connectivity index is 1.35. The highest BCUT2D eigenvalue weighted by Gasteiger charge is 2.32. The predicted octanol–water partition coefficient (Wildman–Crippen LogP) is 6.42. The van der Waals surface area contributed by atoms with Crippen molar-refractivity contribution in [1.29, 1.82) is 0 Å². The van der Waals surface area contributed by atoms with Crippen LogP contribution >= 0.6 is 0 Å². The molecule has 1 fully saturated rings. The molecule has 7 heteroatoms. The second-order valence-electron chi connectivity index (χ2n) is 13.8. The van der Waals surface area contributed by atoms with Crippen molar-refractivity contribution in [3.63, 3.8) is 0 Å². The number of carbonyl (C=O) groups excluding carboxylic acids is 2. The van der Waals surface area contributed by atoms with Crippen molar-refractivity contribution >= 4 is 11.8 Å². The highest BCUT2D eigenvalue weighted by atomic mass is 16.3. The molecule has 4 N–H and O–H groups in total. The van der Waals surface area contributed by atoms with Crippen molar-refractivity contribution < 1.29 is 14.7 Å². The molecule has 1 heterocycles. The molecule has 2 amide bonds. The second kappa shape index (κ2) is 16.2. The summed E-state index contributed by atoms with van der Waals surface area (Å²) in [5.74, 6) is 0.386. The number of hydrogen-bond acceptors (Lipinski definition) is 4. The Morgan fingerprint density at radius 3 is 2.24 bits per heavy atom. The van der Waals surface area contributed by atoms with Crippen molar-refractivity contribution in [1.82, 2.24) is 20.6 Å². The molecule has 5 rings (SSSR count). The number of amides is 2. The van der Waals surface area contributed by atoms with E-state index in [-0.39, 0.29) is 36.5 Å². The summed E-state index contributed by atoms with van der Waals surface area (Å²) in [4.78, 5) is 35.3. The Morgan fingerprint density at radius 1 is 1.00 bits per heavy atom. The fourth-order valence-corrected chi connectivity index (χ4v) is 7.58. The molecule has 7 nitrogen and oxygen atoms in total. The van der Waals surface area contributed by atoms with Crippen LogP contribution in [0.2, 0.25) is 0 Å². The molecule has 0 saturated heterocycles. The summed E-state index contributed by atoms with van der Waals surface area (Å²) in [7, 11) is 0. The van der Waals surface area contributed by atoms with E-state index in [9.17, 15) is 14.7 Å². The molecule has 1 saturated carbocycles. The first-order valence-electron chi connectivity index (χ1n) is 17.4. The zero-order valence-corrected chi connectivity index (χ0v) is 27.6. The normalized spacial score (nSPS) is 18.0. The van der Waals surface area contributed by atoms with E-state index in [1.54, 1.807) is 12.5 Å². The summed E-state index contributed by atoms with van der Waals surface area (Å²) in [5.41, 5.74) is 5.57. The van der Waals surface area contributed by atoms with Gasteiger partial charge in [-0.2, -0.15) is 0 Å². The van der Waals surface area contributed by atoms with Gasteiger partial charge in [-0.15, -0.1) is 6.58 Å². The minimum atomic E-state index is -0.826. The molecule has 2 aliphatic carbocycles. The van der Waals surface area contributed by atoms with Crippen LogP contribution in [0.5, 0.6) is 0 Å². The third-order valence-electron chi connectivity index (χ3n) is 10.3. The molecular weight excluding hydrogens is 572 g/mol. The van der Waals surface area contributed by atoms with Crippen LogP contribution in [0.3, 0.4) is 0 Å². The summed E-state index contributed by atoms with van der Waals surface area (Å²) in [6.07, 6.45) is 14.0. The highest BCUT2D eigenvalue weighted by Crippen LogP contribution is 2.36. The van der Waals surface area contributed by atoms with Crippen molar-refractivity contribution in [3.05, 3.63) is 102 Å². The number of aryl methyl sites for hydroxylation is 2. The lowest BCUT2D eigenvalue weighted by Crippen LogP contribution is -2.54. The largest absolute Gasteiger partial charge is 0.391 e. The van der Waals surface area contributed by atoms with E-state index in [0.29, 0.717) is 24.0 Å². The molecule has 1 aromatic heterocycles. The van der Waals surface area contributed by atoms with Gasteiger partial charge >= 0.3 is 0 Å². The van der Waals surface area contributed by atoms with Crippen LogP contribution in [0.15, 0.2) is 73.7 Å². The number of H-pyrrole nitrogens is 1. The molecule has 246 valence electrons. The van der Waals surface area contributed by atoms with Crippen molar-refractivity contribution in [2.45, 2.75) is 109 Å². The van der Waals surface area contributed by atoms with Crippen LogP contribution < -0.4 is 10.6 Å². The smallest absolute Gasteiger partial charge is 0.243 e. The molecule has 46 heavy (non-hydrogen) atoms. The zero-order valence-electron chi connectivity index (χ0n) is 27.6. The molecule has 1 unspecified atom stereocenters. The number of rotatable bonds is 14. The first-order chi connectivity index (χ1) is 22.3. The lowest BCUT2D eigenvalue weighted by atomic mass is 9.81. The fourth-order valence-electron chi connectivity index (χ4n) is 7.58. The lowest BCUT2D eigenvalue weighted by Gasteiger charge is -2.33. The van der Waals surface area contributed by atoms with Gasteiger partial charge in [0.15, 0.2) is 0 Å². The average molecular weight is 625 g/mol. The number of aliphatic hydroxyl groups is 1. The van der Waals surface area contributed by atoms with E-state index in [1.807, 2.05) is 18.2 Å². The predicted molar refractivity (Wildman–Crippen MR) is 183 cm³/mol. The van der Waals surface area contributed by atoms with Gasteiger partial charge in [0.25, 0.3) is 0 Å². The van der Waals surface area contributed by atoms with Crippen LogP contribution in [-0.2, 0) is 28.9 Å². The molecule has 3 aromatic rings. The summed E-state index contributed by atoms with van der Waals surface area (Å²) in [6, 6.07) is 15.6. The first kappa shape index (κ1) is 33.6. The maximum Gasteiger partial charge on any atom is 0.243 e. The van der Waals surface area contributed by atoms with Crippen LogP contribution in [0.1, 0.15) is 99.1 Å². The van der Waals surface area contributed by atoms with E-state index in [0.717, 1.165) is 32.1 Å². The lowest BCUT2D eigenvalue weighted by molar-refractivity contribution is -0.130. The highest BCUT2D eigenvalue weighted by molar-refractivity contribution is 5.88. The maximum absolute atomic E-state index is 14.1. The number of aliphatic hydroxyl groups excluding tert-OH is 1. The fraction of sp³-hybridized carbons (Fsp3) is 0.513. The molecular formula is C39H52N4O3. The van der Waals surface area contributed by atoms with Crippen LogP contribution in [0.4, 0.5) is 0 Å². The van der Waals surface area contributed by atoms with Gasteiger partial charge in [0.2, 0.25) is 11.8 Å². The minimum Gasteiger partial charge on any atom is -0.391 e. The summed E-state index contributed by atoms with van der Waals surface area (Å²) < 4.78 is 0. The standard InChI is InChI=1S/C39H52N4O3/c1-4-28(26(2)3)21-37(44)35(20-27-12-6-5-7-13-27)43-39(46)36(22-31-24-40-25-41-31)42-38(45)23-34-32-16-10-8-14-29(32)18-19-30-15-9-11-17-33(30)34/h4,8-11,14-17,24-28,34-37,44H,1,5-7,12-13,18-23H2,2-3H3,(H,40,41)(H,42,45)(H,43,46)/t28-,35-,36?,37-/m0/s1. The zero-order chi connectivity index (χ0) is 32.5. The monoisotopic (exact) mass is 624 g/mol. The molecule has 0 aliphatic heterocycles. The van der Waals surface area contributed by atoms with E-state index in [2.05, 4.69) is 77.4 Å². The maximum atomic E-state index is 14.1. The van der Waals surface area contributed by atoms with Gasteiger partial charge in [-0.1, -0.05) is 101 Å².